The second kappa shape index (κ2) is 5.30. The van der Waals surface area contributed by atoms with Crippen LogP contribution in [0.5, 0.6) is 0 Å². The summed E-state index contributed by atoms with van der Waals surface area (Å²) < 4.78 is 20.6. The van der Waals surface area contributed by atoms with E-state index in [9.17, 15) is 9.59 Å². The third-order valence-electron chi connectivity index (χ3n) is 5.90. The molecule has 3 heterocycles. The van der Waals surface area contributed by atoms with Crippen molar-refractivity contribution in [3.8, 4) is 0 Å². The molecule has 26 heavy (non-hydrogen) atoms. The largest absolute Gasteiger partial charge is 0.477 e. The fourth-order valence-corrected chi connectivity index (χ4v) is 4.13. The molecule has 1 aliphatic carbocycles. The van der Waals surface area contributed by atoms with Gasteiger partial charge in [0.25, 0.3) is 0 Å². The number of anilines is 1. The van der Waals surface area contributed by atoms with E-state index < -0.39 is 17.2 Å². The van der Waals surface area contributed by atoms with Crippen molar-refractivity contribution in [3.05, 3.63) is 39.4 Å². The van der Waals surface area contributed by atoms with E-state index in [4.69, 9.17) is 9.84 Å². The molecular weight excluding hydrogens is 339 g/mol. The molecule has 5 rings (SSSR count). The Hall–Kier alpha value is -2.41. The Morgan fingerprint density at radius 2 is 2.04 bits per heavy atom. The highest BCUT2D eigenvalue weighted by Gasteiger charge is 2.47. The quantitative estimate of drug-likeness (QED) is 0.824. The Morgan fingerprint density at radius 1 is 1.35 bits per heavy atom. The molecule has 1 saturated carbocycles. The Bertz CT molecular complexity index is 981. The minimum absolute atomic E-state index is 0.00821. The van der Waals surface area contributed by atoms with E-state index in [0.29, 0.717) is 11.2 Å². The molecule has 6 nitrogen and oxygen atoms in total. The summed E-state index contributed by atoms with van der Waals surface area (Å²) in [5.74, 6) is -1.54. The van der Waals surface area contributed by atoms with Gasteiger partial charge in [0.2, 0.25) is 5.43 Å². The van der Waals surface area contributed by atoms with Crippen LogP contribution in [0.2, 0.25) is 0 Å². The van der Waals surface area contributed by atoms with Gasteiger partial charge < -0.3 is 19.7 Å². The lowest BCUT2D eigenvalue weighted by Crippen LogP contribution is -2.38. The van der Waals surface area contributed by atoms with Crippen LogP contribution in [0.15, 0.2) is 17.1 Å². The second-order valence-corrected chi connectivity index (χ2v) is 7.61. The maximum absolute atomic E-state index is 15.1. The van der Waals surface area contributed by atoms with Crippen LogP contribution in [0, 0.1) is 5.82 Å². The standard InChI is InChI=1S/C19H19FN2O4/c20-13-7-11-15(21-8-12(17(11)23)18(24)25)14(10-1-2-10)16(13)22-5-3-19(4-6-22)9-26-19/h7-8,10H,1-6,9H2,(H,21,23)(H,24,25). The number of halogens is 1. The number of H-pyrrole nitrogens is 1. The molecule has 0 amide bonds. The Balaban J connectivity index is 1.67. The van der Waals surface area contributed by atoms with Crippen molar-refractivity contribution >= 4 is 22.6 Å². The van der Waals surface area contributed by atoms with Crippen molar-refractivity contribution in [1.82, 2.24) is 4.98 Å². The summed E-state index contributed by atoms with van der Waals surface area (Å²) in [6.07, 6.45) is 4.89. The van der Waals surface area contributed by atoms with Crippen LogP contribution in [0.25, 0.3) is 10.9 Å². The number of aromatic nitrogens is 1. The number of fused-ring (bicyclic) bond motifs is 1. The van der Waals surface area contributed by atoms with E-state index in [2.05, 4.69) is 9.88 Å². The molecule has 3 aliphatic rings. The van der Waals surface area contributed by atoms with Gasteiger partial charge in [-0.25, -0.2) is 9.18 Å². The highest BCUT2D eigenvalue weighted by atomic mass is 19.1. The van der Waals surface area contributed by atoms with Gasteiger partial charge in [0.1, 0.15) is 11.4 Å². The number of carboxylic acid groups (broad SMARTS) is 1. The average molecular weight is 358 g/mol. The maximum atomic E-state index is 15.1. The predicted octanol–water partition coefficient (Wildman–Crippen LogP) is 2.61. The first-order chi connectivity index (χ1) is 12.5. The van der Waals surface area contributed by atoms with E-state index in [0.717, 1.165) is 50.9 Å². The number of carboxylic acids is 1. The predicted molar refractivity (Wildman–Crippen MR) is 93.6 cm³/mol. The number of benzene rings is 1. The minimum atomic E-state index is -1.31. The van der Waals surface area contributed by atoms with Crippen LogP contribution < -0.4 is 10.3 Å². The van der Waals surface area contributed by atoms with Gasteiger partial charge in [-0.15, -0.1) is 0 Å². The third kappa shape index (κ3) is 2.34. The van der Waals surface area contributed by atoms with E-state index >= 15 is 4.39 Å². The molecule has 1 aromatic heterocycles. The number of pyridine rings is 1. The summed E-state index contributed by atoms with van der Waals surface area (Å²) >= 11 is 0. The topological polar surface area (TPSA) is 85.9 Å². The van der Waals surface area contributed by atoms with Gasteiger partial charge in [0, 0.05) is 30.2 Å². The van der Waals surface area contributed by atoms with Gasteiger partial charge in [-0.3, -0.25) is 4.79 Å². The van der Waals surface area contributed by atoms with Crippen molar-refractivity contribution in [2.24, 2.45) is 0 Å². The summed E-state index contributed by atoms with van der Waals surface area (Å²) in [5, 5.41) is 9.28. The Labute approximate surface area is 148 Å². The van der Waals surface area contributed by atoms with E-state index in [1.54, 1.807) is 0 Å². The summed E-state index contributed by atoms with van der Waals surface area (Å²) in [5.41, 5.74) is 0.964. The SMILES string of the molecule is O=C(O)c1c[nH]c2c(C3CC3)c(N3CCC4(CC3)CO4)c(F)cc2c1=O. The summed E-state index contributed by atoms with van der Waals surface area (Å²) in [7, 11) is 0. The first-order valence-corrected chi connectivity index (χ1v) is 8.99. The summed E-state index contributed by atoms with van der Waals surface area (Å²) in [4.78, 5) is 28.8. The number of ether oxygens (including phenoxy) is 1. The van der Waals surface area contributed by atoms with Crippen LogP contribution in [0.3, 0.4) is 0 Å². The summed E-state index contributed by atoms with van der Waals surface area (Å²) in [6.45, 7) is 2.24. The maximum Gasteiger partial charge on any atom is 0.341 e. The van der Waals surface area contributed by atoms with Gasteiger partial charge in [-0.05, 0) is 37.7 Å². The lowest BCUT2D eigenvalue weighted by Gasteiger charge is -2.34. The van der Waals surface area contributed by atoms with Crippen molar-refractivity contribution in [1.29, 1.82) is 0 Å². The zero-order valence-electron chi connectivity index (χ0n) is 14.2. The molecule has 0 bridgehead atoms. The number of hydrogen-bond donors (Lipinski definition) is 2. The normalized spacial score (nSPS) is 21.3. The molecule has 7 heteroatoms. The van der Waals surface area contributed by atoms with Gasteiger partial charge in [-0.1, -0.05) is 0 Å². The van der Waals surface area contributed by atoms with Crippen LogP contribution >= 0.6 is 0 Å². The number of piperidine rings is 1. The van der Waals surface area contributed by atoms with Crippen molar-refractivity contribution in [3.63, 3.8) is 0 Å². The van der Waals surface area contributed by atoms with Gasteiger partial charge >= 0.3 is 5.97 Å². The number of aromatic amines is 1. The van der Waals surface area contributed by atoms with E-state index in [1.165, 1.54) is 12.3 Å². The molecule has 2 N–H and O–H groups in total. The monoisotopic (exact) mass is 358 g/mol. The second-order valence-electron chi connectivity index (χ2n) is 7.61. The zero-order chi connectivity index (χ0) is 18.1. The van der Waals surface area contributed by atoms with Crippen LogP contribution in [0.1, 0.15) is 47.5 Å². The molecule has 136 valence electrons. The first-order valence-electron chi connectivity index (χ1n) is 8.99. The summed E-state index contributed by atoms with van der Waals surface area (Å²) in [6, 6.07) is 1.19. The molecule has 2 saturated heterocycles. The Morgan fingerprint density at radius 3 is 2.62 bits per heavy atom. The lowest BCUT2D eigenvalue weighted by molar-refractivity contribution is 0.0695. The number of hydrogen-bond acceptors (Lipinski definition) is 4. The fraction of sp³-hybridized carbons (Fsp3) is 0.474. The number of rotatable bonds is 3. The molecule has 0 unspecified atom stereocenters. The number of epoxide rings is 1. The van der Waals surface area contributed by atoms with Gasteiger partial charge in [0.15, 0.2) is 0 Å². The van der Waals surface area contributed by atoms with Crippen LogP contribution in [-0.4, -0.2) is 41.4 Å². The van der Waals surface area contributed by atoms with Gasteiger partial charge in [0.05, 0.1) is 23.4 Å². The average Bonchev–Trinajstić information content (AvgIpc) is 3.52. The van der Waals surface area contributed by atoms with Crippen molar-refractivity contribution in [2.75, 3.05) is 24.6 Å². The fourth-order valence-electron chi connectivity index (χ4n) is 4.13. The van der Waals surface area contributed by atoms with Crippen LogP contribution in [0.4, 0.5) is 10.1 Å². The minimum Gasteiger partial charge on any atom is -0.477 e. The molecular formula is C19H19FN2O4. The number of carbonyl (C=O) groups is 1. The smallest absolute Gasteiger partial charge is 0.341 e. The van der Waals surface area contributed by atoms with E-state index in [-0.39, 0.29) is 22.5 Å². The Kier molecular flexibility index (Phi) is 3.22. The molecule has 2 aromatic rings. The highest BCUT2D eigenvalue weighted by molar-refractivity contribution is 5.95. The first kappa shape index (κ1) is 15.8. The zero-order valence-corrected chi connectivity index (χ0v) is 14.2. The van der Waals surface area contributed by atoms with Crippen LogP contribution in [-0.2, 0) is 4.74 Å². The molecule has 1 spiro atoms. The third-order valence-corrected chi connectivity index (χ3v) is 5.90. The van der Waals surface area contributed by atoms with Gasteiger partial charge in [-0.2, -0.15) is 0 Å². The molecule has 3 fully saturated rings. The molecule has 1 aromatic carbocycles. The highest BCUT2D eigenvalue weighted by Crippen LogP contribution is 2.49. The van der Waals surface area contributed by atoms with E-state index in [1.807, 2.05) is 0 Å². The number of nitrogens with zero attached hydrogens (tertiary/aromatic N) is 1. The lowest BCUT2D eigenvalue weighted by atomic mass is 9.94. The van der Waals surface area contributed by atoms with Crippen molar-refractivity contribution < 1.29 is 19.0 Å². The molecule has 0 atom stereocenters. The number of aromatic carboxylic acids is 1. The van der Waals surface area contributed by atoms with Crippen molar-refractivity contribution in [2.45, 2.75) is 37.2 Å². The molecule has 2 aliphatic heterocycles. The molecule has 0 radical (unpaired) electrons. The number of nitrogens with one attached hydrogen (secondary N) is 1.